The lowest BCUT2D eigenvalue weighted by atomic mass is 10.1. The molecule has 0 aromatic heterocycles. The fourth-order valence-corrected chi connectivity index (χ4v) is 1.78. The van der Waals surface area contributed by atoms with Crippen molar-refractivity contribution < 1.29 is 13.6 Å². The van der Waals surface area contributed by atoms with E-state index in [2.05, 4.69) is 10.6 Å². The Labute approximate surface area is 115 Å². The van der Waals surface area contributed by atoms with Crippen LogP contribution >= 0.6 is 0 Å². The van der Waals surface area contributed by atoms with Crippen LogP contribution in [0.2, 0.25) is 0 Å². The highest BCUT2D eigenvalue weighted by molar-refractivity contribution is 6.04. The molecule has 0 aliphatic carbocycles. The Morgan fingerprint density at radius 1 is 1.05 bits per heavy atom. The van der Waals surface area contributed by atoms with Gasteiger partial charge in [-0.2, -0.15) is 0 Å². The normalized spacial score (nSPS) is 10.2. The molecular formula is C15H14F2N2O. The van der Waals surface area contributed by atoms with Crippen molar-refractivity contribution in [2.75, 3.05) is 17.7 Å². The number of benzene rings is 2. The molecule has 1 amide bonds. The van der Waals surface area contributed by atoms with E-state index >= 15 is 0 Å². The summed E-state index contributed by atoms with van der Waals surface area (Å²) in [5, 5.41) is 4.99. The quantitative estimate of drug-likeness (QED) is 0.899. The molecule has 2 N–H and O–H groups in total. The number of carbonyl (C=O) groups is 1. The molecule has 0 aliphatic heterocycles. The highest BCUT2D eigenvalue weighted by Gasteiger charge is 2.14. The van der Waals surface area contributed by atoms with Gasteiger partial charge in [-0.3, -0.25) is 4.79 Å². The Hall–Kier alpha value is -2.43. The molecule has 104 valence electrons. The van der Waals surface area contributed by atoms with Gasteiger partial charge in [0.2, 0.25) is 0 Å². The van der Waals surface area contributed by atoms with Gasteiger partial charge < -0.3 is 10.6 Å². The van der Waals surface area contributed by atoms with E-state index in [1.807, 2.05) is 19.1 Å². The Morgan fingerprint density at radius 3 is 2.10 bits per heavy atom. The summed E-state index contributed by atoms with van der Waals surface area (Å²) in [7, 11) is 1.41. The number of rotatable bonds is 3. The van der Waals surface area contributed by atoms with E-state index in [9.17, 15) is 13.6 Å². The average molecular weight is 276 g/mol. The maximum Gasteiger partial charge on any atom is 0.255 e. The van der Waals surface area contributed by atoms with E-state index in [0.717, 1.165) is 17.7 Å². The Bertz CT molecular complexity index is 616. The summed E-state index contributed by atoms with van der Waals surface area (Å²) in [6.45, 7) is 1.92. The molecule has 0 unspecified atom stereocenters. The number of hydrogen-bond donors (Lipinski definition) is 2. The van der Waals surface area contributed by atoms with Crippen molar-refractivity contribution in [1.82, 2.24) is 0 Å². The third kappa shape index (κ3) is 2.93. The molecule has 2 rings (SSSR count). The lowest BCUT2D eigenvalue weighted by molar-refractivity contribution is 0.102. The van der Waals surface area contributed by atoms with E-state index in [1.54, 1.807) is 12.1 Å². The predicted octanol–water partition coefficient (Wildman–Crippen LogP) is 3.57. The second-order valence-electron chi connectivity index (χ2n) is 4.39. The summed E-state index contributed by atoms with van der Waals surface area (Å²) < 4.78 is 27.2. The highest BCUT2D eigenvalue weighted by Crippen LogP contribution is 2.21. The lowest BCUT2D eigenvalue weighted by Gasteiger charge is -2.08. The smallest absolute Gasteiger partial charge is 0.255 e. The van der Waals surface area contributed by atoms with Crippen LogP contribution in [0.4, 0.5) is 20.2 Å². The van der Waals surface area contributed by atoms with Gasteiger partial charge in [0.05, 0.1) is 0 Å². The molecule has 0 bridgehead atoms. The van der Waals surface area contributed by atoms with Gasteiger partial charge >= 0.3 is 0 Å². The van der Waals surface area contributed by atoms with Gasteiger partial charge in [-0.1, -0.05) is 17.7 Å². The standard InChI is InChI=1S/C15H14F2N2O/c1-9-3-5-11(6-4-9)19-15(20)10-7-12(16)14(18-2)13(17)8-10/h3-8,18H,1-2H3,(H,19,20). The molecule has 0 spiro atoms. The van der Waals surface area contributed by atoms with Crippen LogP contribution in [0.5, 0.6) is 0 Å². The molecule has 20 heavy (non-hydrogen) atoms. The van der Waals surface area contributed by atoms with Crippen LogP contribution in [-0.2, 0) is 0 Å². The summed E-state index contributed by atoms with van der Waals surface area (Å²) in [4.78, 5) is 11.9. The maximum absolute atomic E-state index is 13.6. The molecular weight excluding hydrogens is 262 g/mol. The number of halogens is 2. The first-order valence-corrected chi connectivity index (χ1v) is 6.06. The van der Waals surface area contributed by atoms with Crippen molar-refractivity contribution >= 4 is 17.3 Å². The first-order valence-electron chi connectivity index (χ1n) is 6.06. The number of amides is 1. The van der Waals surface area contributed by atoms with E-state index in [4.69, 9.17) is 0 Å². The summed E-state index contributed by atoms with van der Waals surface area (Å²) in [6.07, 6.45) is 0. The van der Waals surface area contributed by atoms with Crippen LogP contribution in [0.15, 0.2) is 36.4 Å². The molecule has 0 saturated carbocycles. The number of carbonyl (C=O) groups excluding carboxylic acids is 1. The zero-order valence-corrected chi connectivity index (χ0v) is 11.1. The minimum Gasteiger partial charge on any atom is -0.383 e. The Morgan fingerprint density at radius 2 is 1.60 bits per heavy atom. The van der Waals surface area contributed by atoms with E-state index in [1.165, 1.54) is 7.05 Å². The fraction of sp³-hybridized carbons (Fsp3) is 0.133. The van der Waals surface area contributed by atoms with Gasteiger partial charge in [-0.25, -0.2) is 8.78 Å². The molecule has 3 nitrogen and oxygen atoms in total. The van der Waals surface area contributed by atoms with Gasteiger partial charge in [-0.15, -0.1) is 0 Å². The van der Waals surface area contributed by atoms with Crippen molar-refractivity contribution in [3.63, 3.8) is 0 Å². The number of nitrogens with one attached hydrogen (secondary N) is 2. The van der Waals surface area contributed by atoms with Crippen molar-refractivity contribution in [2.24, 2.45) is 0 Å². The largest absolute Gasteiger partial charge is 0.383 e. The van der Waals surface area contributed by atoms with Crippen molar-refractivity contribution in [3.8, 4) is 0 Å². The topological polar surface area (TPSA) is 41.1 Å². The zero-order chi connectivity index (χ0) is 14.7. The molecule has 0 radical (unpaired) electrons. The Balaban J connectivity index is 2.23. The van der Waals surface area contributed by atoms with Gasteiger partial charge in [0, 0.05) is 18.3 Å². The fourth-order valence-electron chi connectivity index (χ4n) is 1.78. The van der Waals surface area contributed by atoms with Gasteiger partial charge in [0.1, 0.15) is 17.3 Å². The third-order valence-corrected chi connectivity index (χ3v) is 2.86. The van der Waals surface area contributed by atoms with Crippen LogP contribution < -0.4 is 10.6 Å². The Kier molecular flexibility index (Phi) is 3.98. The van der Waals surface area contributed by atoms with Crippen LogP contribution in [0.25, 0.3) is 0 Å². The monoisotopic (exact) mass is 276 g/mol. The maximum atomic E-state index is 13.6. The minimum atomic E-state index is -0.804. The molecule has 0 atom stereocenters. The van der Waals surface area contributed by atoms with Crippen molar-refractivity contribution in [1.29, 1.82) is 0 Å². The van der Waals surface area contributed by atoms with Crippen LogP contribution in [0.3, 0.4) is 0 Å². The van der Waals surface area contributed by atoms with Crippen LogP contribution in [-0.4, -0.2) is 13.0 Å². The predicted molar refractivity (Wildman–Crippen MR) is 75.0 cm³/mol. The molecule has 0 saturated heterocycles. The molecule has 0 fully saturated rings. The minimum absolute atomic E-state index is 0.0698. The number of anilines is 2. The highest BCUT2D eigenvalue weighted by atomic mass is 19.1. The van der Waals surface area contributed by atoms with E-state index in [-0.39, 0.29) is 11.3 Å². The lowest BCUT2D eigenvalue weighted by Crippen LogP contribution is -2.13. The summed E-state index contributed by atoms with van der Waals surface area (Å²) in [5.74, 6) is -2.17. The molecule has 5 heteroatoms. The third-order valence-electron chi connectivity index (χ3n) is 2.86. The summed E-state index contributed by atoms with van der Waals surface area (Å²) in [5.41, 5.74) is 1.30. The van der Waals surface area contributed by atoms with E-state index in [0.29, 0.717) is 5.69 Å². The van der Waals surface area contributed by atoms with Crippen molar-refractivity contribution in [3.05, 3.63) is 59.2 Å². The van der Waals surface area contributed by atoms with E-state index < -0.39 is 17.5 Å². The van der Waals surface area contributed by atoms with Gasteiger partial charge in [0.15, 0.2) is 0 Å². The zero-order valence-electron chi connectivity index (χ0n) is 11.1. The van der Waals surface area contributed by atoms with Gasteiger partial charge in [0.25, 0.3) is 5.91 Å². The molecule has 0 aliphatic rings. The second kappa shape index (κ2) is 5.69. The average Bonchev–Trinajstić information content (AvgIpc) is 2.41. The molecule has 2 aromatic carbocycles. The summed E-state index contributed by atoms with van der Waals surface area (Å²) in [6, 6.07) is 9.11. The first-order chi connectivity index (χ1) is 9.51. The molecule has 2 aromatic rings. The van der Waals surface area contributed by atoms with Crippen LogP contribution in [0.1, 0.15) is 15.9 Å². The van der Waals surface area contributed by atoms with Crippen LogP contribution in [0, 0.1) is 18.6 Å². The SMILES string of the molecule is CNc1c(F)cc(C(=O)Nc2ccc(C)cc2)cc1F. The summed E-state index contributed by atoms with van der Waals surface area (Å²) >= 11 is 0. The number of aryl methyl sites for hydroxylation is 1. The number of hydrogen-bond acceptors (Lipinski definition) is 2. The second-order valence-corrected chi connectivity index (χ2v) is 4.39. The first kappa shape index (κ1) is 14.0. The van der Waals surface area contributed by atoms with Crippen molar-refractivity contribution in [2.45, 2.75) is 6.92 Å². The van der Waals surface area contributed by atoms with Gasteiger partial charge in [-0.05, 0) is 31.2 Å². The molecule has 0 heterocycles.